The molecule has 3 aromatic rings. The Morgan fingerprint density at radius 1 is 1.38 bits per heavy atom. The van der Waals surface area contributed by atoms with Crippen LogP contribution in [-0.4, -0.2) is 31.0 Å². The lowest BCUT2D eigenvalue weighted by Crippen LogP contribution is -2.37. The van der Waals surface area contributed by atoms with Crippen molar-refractivity contribution in [3.63, 3.8) is 0 Å². The predicted molar refractivity (Wildman–Crippen MR) is 85.1 cm³/mol. The summed E-state index contributed by atoms with van der Waals surface area (Å²) in [6.45, 7) is 5.37. The number of hydrogen-bond donors (Lipinski definition) is 1. The second-order valence-corrected chi connectivity index (χ2v) is 6.03. The molecule has 0 saturated carbocycles. The van der Waals surface area contributed by atoms with Crippen LogP contribution in [0.15, 0.2) is 21.2 Å². The number of hydrogen-bond acceptors (Lipinski definition) is 7. The van der Waals surface area contributed by atoms with E-state index in [2.05, 4.69) is 32.5 Å². The lowest BCUT2D eigenvalue weighted by atomic mass is 10.1. The van der Waals surface area contributed by atoms with Crippen LogP contribution in [0.3, 0.4) is 0 Å². The Morgan fingerprint density at radius 3 is 3.08 bits per heavy atom. The van der Waals surface area contributed by atoms with E-state index in [-0.39, 0.29) is 0 Å². The molecule has 0 radical (unpaired) electrons. The highest BCUT2D eigenvalue weighted by Gasteiger charge is 2.22. The van der Waals surface area contributed by atoms with Gasteiger partial charge in [-0.15, -0.1) is 10.2 Å². The molecule has 0 saturated heterocycles. The van der Waals surface area contributed by atoms with Gasteiger partial charge < -0.3 is 14.2 Å². The van der Waals surface area contributed by atoms with Crippen LogP contribution >= 0.6 is 0 Å². The van der Waals surface area contributed by atoms with Crippen LogP contribution < -0.4 is 5.32 Å². The van der Waals surface area contributed by atoms with E-state index >= 15 is 0 Å². The van der Waals surface area contributed by atoms with Crippen molar-refractivity contribution in [2.75, 3.05) is 0 Å². The highest BCUT2D eigenvalue weighted by Crippen LogP contribution is 2.22. The predicted octanol–water partition coefficient (Wildman–Crippen LogP) is 1.90. The summed E-state index contributed by atoms with van der Waals surface area (Å²) in [4.78, 5) is 4.53. The highest BCUT2D eigenvalue weighted by atomic mass is 16.4. The van der Waals surface area contributed by atoms with Gasteiger partial charge in [0, 0.05) is 24.4 Å². The van der Waals surface area contributed by atoms with Gasteiger partial charge in [0.05, 0.1) is 19.4 Å². The van der Waals surface area contributed by atoms with E-state index in [1.165, 1.54) is 0 Å². The molecule has 8 heteroatoms. The Morgan fingerprint density at radius 2 is 2.29 bits per heavy atom. The molecule has 0 aliphatic carbocycles. The molecule has 24 heavy (non-hydrogen) atoms. The van der Waals surface area contributed by atoms with Gasteiger partial charge in [0.2, 0.25) is 5.89 Å². The molecule has 8 nitrogen and oxygen atoms in total. The van der Waals surface area contributed by atoms with Crippen LogP contribution in [0, 0.1) is 6.92 Å². The van der Waals surface area contributed by atoms with E-state index in [4.69, 9.17) is 8.83 Å². The van der Waals surface area contributed by atoms with Crippen LogP contribution in [0.5, 0.6) is 0 Å². The normalized spacial score (nSPS) is 17.2. The Labute approximate surface area is 139 Å². The quantitative estimate of drug-likeness (QED) is 0.764. The molecule has 3 aromatic heterocycles. The Hall–Kier alpha value is -2.48. The fraction of sp³-hybridized carbons (Fsp3) is 0.500. The summed E-state index contributed by atoms with van der Waals surface area (Å²) in [5.41, 5.74) is 0.982. The summed E-state index contributed by atoms with van der Waals surface area (Å²) in [5, 5.41) is 16.1. The van der Waals surface area contributed by atoms with Gasteiger partial charge in [-0.1, -0.05) is 6.92 Å². The van der Waals surface area contributed by atoms with Crippen LogP contribution in [-0.2, 0) is 25.9 Å². The lowest BCUT2D eigenvalue weighted by molar-refractivity contribution is 0.341. The van der Waals surface area contributed by atoms with Crippen molar-refractivity contribution in [2.45, 2.75) is 52.2 Å². The van der Waals surface area contributed by atoms with Crippen LogP contribution in [0.25, 0.3) is 11.7 Å². The smallest absolute Gasteiger partial charge is 0.283 e. The summed E-state index contributed by atoms with van der Waals surface area (Å²) >= 11 is 0. The third kappa shape index (κ3) is 2.84. The summed E-state index contributed by atoms with van der Waals surface area (Å²) < 4.78 is 13.1. The van der Waals surface area contributed by atoms with E-state index < -0.39 is 0 Å². The zero-order valence-corrected chi connectivity index (χ0v) is 13.8. The molecule has 126 valence electrons. The summed E-state index contributed by atoms with van der Waals surface area (Å²) in [7, 11) is 0. The minimum absolute atomic E-state index is 0.324. The van der Waals surface area contributed by atoms with Crippen LogP contribution in [0.2, 0.25) is 0 Å². The molecule has 0 spiro atoms. The van der Waals surface area contributed by atoms with Gasteiger partial charge in [-0.25, -0.2) is 9.67 Å². The number of nitrogens with one attached hydrogen (secondary N) is 1. The molecule has 0 aromatic carbocycles. The van der Waals surface area contributed by atoms with Crippen molar-refractivity contribution < 1.29 is 8.83 Å². The molecule has 0 amide bonds. The molecule has 4 rings (SSSR count). The van der Waals surface area contributed by atoms with E-state index in [0.717, 1.165) is 43.0 Å². The molecular weight excluding hydrogens is 308 g/mol. The minimum Gasteiger partial charge on any atom is -0.459 e. The van der Waals surface area contributed by atoms with Gasteiger partial charge >= 0.3 is 0 Å². The Bertz CT molecular complexity index is 833. The maximum atomic E-state index is 5.68. The number of nitrogens with zero attached hydrogens (tertiary/aromatic N) is 5. The number of fused-ring (bicyclic) bond motifs is 1. The number of furan rings is 1. The van der Waals surface area contributed by atoms with E-state index in [0.29, 0.717) is 30.1 Å². The first-order chi connectivity index (χ1) is 11.7. The van der Waals surface area contributed by atoms with Crippen molar-refractivity contribution in [3.05, 3.63) is 35.4 Å². The average Bonchev–Trinajstić information content (AvgIpc) is 3.30. The Balaban J connectivity index is 1.38. The minimum atomic E-state index is 0.324. The van der Waals surface area contributed by atoms with Crippen molar-refractivity contribution in [2.24, 2.45) is 0 Å². The molecule has 1 aliphatic heterocycles. The largest absolute Gasteiger partial charge is 0.459 e. The third-order valence-corrected chi connectivity index (χ3v) is 4.28. The third-order valence-electron chi connectivity index (χ3n) is 4.28. The first-order valence-corrected chi connectivity index (χ1v) is 8.25. The monoisotopic (exact) mass is 328 g/mol. The standard InChI is InChI=1S/C16H20N6O2/c1-3-12-18-13-5-4-11(9-22(13)21-12)17-8-14-19-20-16(24-14)15-10(2)6-7-23-15/h6-7,11,17H,3-5,8-9H2,1-2H3. The topological polar surface area (TPSA) is 94.8 Å². The van der Waals surface area contributed by atoms with Crippen LogP contribution in [0.4, 0.5) is 0 Å². The molecule has 1 unspecified atom stereocenters. The zero-order chi connectivity index (χ0) is 16.5. The van der Waals surface area contributed by atoms with Gasteiger partial charge in [0.1, 0.15) is 5.82 Å². The number of aryl methyl sites for hydroxylation is 3. The maximum Gasteiger partial charge on any atom is 0.283 e. The molecule has 1 atom stereocenters. The van der Waals surface area contributed by atoms with Crippen molar-refractivity contribution in [3.8, 4) is 11.7 Å². The van der Waals surface area contributed by atoms with Gasteiger partial charge in [0.25, 0.3) is 5.89 Å². The summed E-state index contributed by atoms with van der Waals surface area (Å²) in [6.07, 6.45) is 4.45. The molecule has 0 bridgehead atoms. The SMILES string of the molecule is CCc1nc2n(n1)CC(NCc1nnc(-c3occc3C)o1)CC2. The molecule has 1 aliphatic rings. The zero-order valence-electron chi connectivity index (χ0n) is 13.8. The van der Waals surface area contributed by atoms with Gasteiger partial charge in [-0.3, -0.25) is 0 Å². The fourth-order valence-corrected chi connectivity index (χ4v) is 2.92. The first kappa shape index (κ1) is 15.1. The molecular formula is C16H20N6O2. The van der Waals surface area contributed by atoms with Gasteiger partial charge in [-0.05, 0) is 19.4 Å². The second-order valence-electron chi connectivity index (χ2n) is 6.03. The fourth-order valence-electron chi connectivity index (χ4n) is 2.92. The van der Waals surface area contributed by atoms with E-state index in [9.17, 15) is 0 Å². The molecule has 4 heterocycles. The van der Waals surface area contributed by atoms with Crippen molar-refractivity contribution in [1.29, 1.82) is 0 Å². The summed E-state index contributed by atoms with van der Waals surface area (Å²) in [6, 6.07) is 2.20. The van der Waals surface area contributed by atoms with E-state index in [1.807, 2.05) is 17.7 Å². The lowest BCUT2D eigenvalue weighted by Gasteiger charge is -2.22. The van der Waals surface area contributed by atoms with E-state index in [1.54, 1.807) is 6.26 Å². The Kier molecular flexibility index (Phi) is 3.89. The van der Waals surface area contributed by atoms with Gasteiger partial charge in [0.15, 0.2) is 11.6 Å². The van der Waals surface area contributed by atoms with Crippen LogP contribution in [0.1, 0.15) is 36.4 Å². The molecule has 1 N–H and O–H groups in total. The molecule has 0 fully saturated rings. The highest BCUT2D eigenvalue weighted by molar-refractivity contribution is 5.49. The van der Waals surface area contributed by atoms with Gasteiger partial charge in [-0.2, -0.15) is 5.10 Å². The summed E-state index contributed by atoms with van der Waals surface area (Å²) in [5.74, 6) is 3.61. The average molecular weight is 328 g/mol. The van der Waals surface area contributed by atoms with Crippen molar-refractivity contribution >= 4 is 0 Å². The first-order valence-electron chi connectivity index (χ1n) is 8.25. The second kappa shape index (κ2) is 6.20. The number of aromatic nitrogens is 5. The van der Waals surface area contributed by atoms with Crippen molar-refractivity contribution in [1.82, 2.24) is 30.3 Å². The maximum absolute atomic E-state index is 5.68. The number of rotatable bonds is 5.